The zero-order valence-corrected chi connectivity index (χ0v) is 7.76. The SMILES string of the molecule is Cc1cc(Cl)nc(N(C)N)c1N. The van der Waals surface area contributed by atoms with Gasteiger partial charge in [-0.15, -0.1) is 0 Å². The Hall–Kier alpha value is -1.00. The summed E-state index contributed by atoms with van der Waals surface area (Å²) in [5.74, 6) is 5.98. The van der Waals surface area contributed by atoms with Gasteiger partial charge in [0.1, 0.15) is 5.15 Å². The number of aromatic nitrogens is 1. The maximum absolute atomic E-state index is 5.72. The molecule has 1 heterocycles. The van der Waals surface area contributed by atoms with Crippen molar-refractivity contribution in [3.8, 4) is 0 Å². The Morgan fingerprint density at radius 1 is 1.58 bits per heavy atom. The minimum Gasteiger partial charge on any atom is -0.395 e. The van der Waals surface area contributed by atoms with Gasteiger partial charge in [-0.1, -0.05) is 11.6 Å². The van der Waals surface area contributed by atoms with E-state index in [1.807, 2.05) is 6.92 Å². The van der Waals surface area contributed by atoms with Gasteiger partial charge in [0.2, 0.25) is 0 Å². The number of hydrogen-bond donors (Lipinski definition) is 2. The fraction of sp³-hybridized carbons (Fsp3) is 0.286. The highest BCUT2D eigenvalue weighted by atomic mass is 35.5. The van der Waals surface area contributed by atoms with Crippen LogP contribution in [-0.4, -0.2) is 12.0 Å². The van der Waals surface area contributed by atoms with Crippen LogP contribution in [0.15, 0.2) is 6.07 Å². The number of nitrogen functional groups attached to an aromatic ring is 1. The van der Waals surface area contributed by atoms with Crippen molar-refractivity contribution in [3.05, 3.63) is 16.8 Å². The number of hydrazine groups is 1. The van der Waals surface area contributed by atoms with Gasteiger partial charge < -0.3 is 5.73 Å². The van der Waals surface area contributed by atoms with Crippen molar-refractivity contribution >= 4 is 23.1 Å². The highest BCUT2D eigenvalue weighted by molar-refractivity contribution is 6.29. The average molecular weight is 187 g/mol. The Morgan fingerprint density at radius 3 is 2.67 bits per heavy atom. The van der Waals surface area contributed by atoms with Crippen molar-refractivity contribution in [2.75, 3.05) is 17.8 Å². The zero-order chi connectivity index (χ0) is 9.30. The monoisotopic (exact) mass is 186 g/mol. The molecule has 0 atom stereocenters. The molecule has 0 amide bonds. The molecule has 1 rings (SSSR count). The van der Waals surface area contributed by atoms with E-state index in [-0.39, 0.29) is 0 Å². The van der Waals surface area contributed by atoms with Gasteiger partial charge in [-0.25, -0.2) is 10.8 Å². The summed E-state index contributed by atoms with van der Waals surface area (Å²) in [6.07, 6.45) is 0. The summed E-state index contributed by atoms with van der Waals surface area (Å²) in [4.78, 5) is 3.97. The van der Waals surface area contributed by atoms with Crippen LogP contribution in [0, 0.1) is 6.92 Å². The van der Waals surface area contributed by atoms with E-state index in [2.05, 4.69) is 4.98 Å². The van der Waals surface area contributed by atoms with Gasteiger partial charge in [0.25, 0.3) is 0 Å². The molecule has 0 bridgehead atoms. The number of nitrogens with two attached hydrogens (primary N) is 2. The van der Waals surface area contributed by atoms with Crippen LogP contribution in [0.3, 0.4) is 0 Å². The van der Waals surface area contributed by atoms with Crippen LogP contribution in [0.25, 0.3) is 0 Å². The lowest BCUT2D eigenvalue weighted by Gasteiger charge is -2.14. The second-order valence-corrected chi connectivity index (χ2v) is 3.00. The summed E-state index contributed by atoms with van der Waals surface area (Å²) in [6.45, 7) is 1.86. The molecule has 1 aromatic heterocycles. The normalized spacial score (nSPS) is 10.0. The Morgan fingerprint density at radius 2 is 2.17 bits per heavy atom. The molecule has 0 aromatic carbocycles. The standard InChI is InChI=1S/C7H11ClN4/c1-4-3-5(8)11-7(6(4)9)12(2)10/h3H,9-10H2,1-2H3. The highest BCUT2D eigenvalue weighted by Gasteiger charge is 2.07. The molecule has 0 aliphatic rings. The molecule has 1 aromatic rings. The smallest absolute Gasteiger partial charge is 0.167 e. The van der Waals surface area contributed by atoms with Crippen LogP contribution >= 0.6 is 11.6 Å². The van der Waals surface area contributed by atoms with Gasteiger partial charge in [0.05, 0.1) is 5.69 Å². The van der Waals surface area contributed by atoms with Gasteiger partial charge in [-0.3, -0.25) is 5.01 Å². The lowest BCUT2D eigenvalue weighted by molar-refractivity contribution is 0.977. The Bertz CT molecular complexity index is 298. The molecular formula is C7H11ClN4. The molecule has 5 heteroatoms. The highest BCUT2D eigenvalue weighted by Crippen LogP contribution is 2.24. The quantitative estimate of drug-likeness (QED) is 0.389. The van der Waals surface area contributed by atoms with E-state index in [1.54, 1.807) is 13.1 Å². The molecule has 4 N–H and O–H groups in total. The molecular weight excluding hydrogens is 176 g/mol. The van der Waals surface area contributed by atoms with Crippen molar-refractivity contribution < 1.29 is 0 Å². The van der Waals surface area contributed by atoms with Crippen LogP contribution in [0.2, 0.25) is 5.15 Å². The number of anilines is 2. The van der Waals surface area contributed by atoms with Crippen LogP contribution < -0.4 is 16.6 Å². The molecule has 0 radical (unpaired) electrons. The molecule has 0 unspecified atom stereocenters. The van der Waals surface area contributed by atoms with Gasteiger partial charge in [0, 0.05) is 7.05 Å². The molecule has 0 saturated heterocycles. The van der Waals surface area contributed by atoms with Crippen LogP contribution in [-0.2, 0) is 0 Å². The first-order valence-electron chi connectivity index (χ1n) is 3.43. The van der Waals surface area contributed by atoms with Crippen LogP contribution in [0.4, 0.5) is 11.5 Å². The molecule has 0 aliphatic heterocycles. The largest absolute Gasteiger partial charge is 0.395 e. The third kappa shape index (κ3) is 1.60. The van der Waals surface area contributed by atoms with Gasteiger partial charge in [-0.2, -0.15) is 0 Å². The van der Waals surface area contributed by atoms with E-state index in [0.717, 1.165) is 5.56 Å². The van der Waals surface area contributed by atoms with Crippen molar-refractivity contribution in [2.45, 2.75) is 6.92 Å². The molecule has 0 fully saturated rings. The number of hydrogen-bond acceptors (Lipinski definition) is 4. The topological polar surface area (TPSA) is 68.2 Å². The lowest BCUT2D eigenvalue weighted by atomic mass is 10.2. The number of aryl methyl sites for hydroxylation is 1. The zero-order valence-electron chi connectivity index (χ0n) is 7.00. The van der Waals surface area contributed by atoms with Gasteiger partial charge >= 0.3 is 0 Å². The van der Waals surface area contributed by atoms with E-state index in [4.69, 9.17) is 23.2 Å². The minimum absolute atomic E-state index is 0.397. The maximum atomic E-state index is 5.72. The Kier molecular flexibility index (Phi) is 2.40. The van der Waals surface area contributed by atoms with E-state index in [9.17, 15) is 0 Å². The third-order valence-corrected chi connectivity index (χ3v) is 1.74. The summed E-state index contributed by atoms with van der Waals surface area (Å²) in [5.41, 5.74) is 7.15. The number of nitrogens with zero attached hydrogens (tertiary/aromatic N) is 2. The molecule has 66 valence electrons. The fourth-order valence-corrected chi connectivity index (χ4v) is 1.14. The van der Waals surface area contributed by atoms with E-state index in [1.165, 1.54) is 5.01 Å². The summed E-state index contributed by atoms with van der Waals surface area (Å²) in [5, 5.41) is 1.74. The Balaban J connectivity index is 3.28. The molecule has 4 nitrogen and oxygen atoms in total. The lowest BCUT2D eigenvalue weighted by Crippen LogP contribution is -2.27. The first-order chi connectivity index (χ1) is 5.52. The first kappa shape index (κ1) is 9.09. The molecule has 0 aliphatic carbocycles. The van der Waals surface area contributed by atoms with E-state index in [0.29, 0.717) is 16.7 Å². The summed E-state index contributed by atoms with van der Waals surface area (Å²) in [7, 11) is 1.66. The Labute approximate surface area is 76.1 Å². The summed E-state index contributed by atoms with van der Waals surface area (Å²) < 4.78 is 0. The van der Waals surface area contributed by atoms with Gasteiger partial charge in [-0.05, 0) is 18.6 Å². The second kappa shape index (κ2) is 3.16. The maximum Gasteiger partial charge on any atom is 0.167 e. The van der Waals surface area contributed by atoms with Crippen molar-refractivity contribution in [1.82, 2.24) is 4.98 Å². The number of halogens is 1. The van der Waals surface area contributed by atoms with Crippen molar-refractivity contribution in [3.63, 3.8) is 0 Å². The predicted molar refractivity (Wildman–Crippen MR) is 51.0 cm³/mol. The molecule has 0 spiro atoms. The van der Waals surface area contributed by atoms with Crippen molar-refractivity contribution in [1.29, 1.82) is 0 Å². The average Bonchev–Trinajstić information content (AvgIpc) is 1.96. The summed E-state index contributed by atoms with van der Waals surface area (Å²) in [6, 6.07) is 1.70. The number of rotatable bonds is 1. The molecule has 0 saturated carbocycles. The minimum atomic E-state index is 0.397. The van der Waals surface area contributed by atoms with Crippen LogP contribution in [0.5, 0.6) is 0 Å². The number of pyridine rings is 1. The predicted octanol–water partition coefficient (Wildman–Crippen LogP) is 0.936. The van der Waals surface area contributed by atoms with Gasteiger partial charge in [0.15, 0.2) is 5.82 Å². The molecule has 12 heavy (non-hydrogen) atoms. The van der Waals surface area contributed by atoms with Crippen molar-refractivity contribution in [2.24, 2.45) is 5.84 Å². The second-order valence-electron chi connectivity index (χ2n) is 2.61. The third-order valence-electron chi connectivity index (χ3n) is 1.55. The van der Waals surface area contributed by atoms with Crippen LogP contribution in [0.1, 0.15) is 5.56 Å². The fourth-order valence-electron chi connectivity index (χ4n) is 0.895. The van der Waals surface area contributed by atoms with E-state index < -0.39 is 0 Å². The summed E-state index contributed by atoms with van der Waals surface area (Å²) >= 11 is 5.72. The van der Waals surface area contributed by atoms with E-state index >= 15 is 0 Å². The first-order valence-corrected chi connectivity index (χ1v) is 3.81.